The predicted molar refractivity (Wildman–Crippen MR) is 72.4 cm³/mol. The molecule has 1 N–H and O–H groups in total. The van der Waals surface area contributed by atoms with Crippen molar-refractivity contribution in [3.05, 3.63) is 48.1 Å². The molecule has 2 aromatic rings. The third-order valence-electron chi connectivity index (χ3n) is 2.76. The van der Waals surface area contributed by atoms with Crippen LogP contribution in [0.3, 0.4) is 0 Å². The zero-order valence-corrected chi connectivity index (χ0v) is 11.5. The monoisotopic (exact) mass is 276 g/mol. The molecule has 0 radical (unpaired) electrons. The maximum Gasteiger partial charge on any atom is 0.253 e. The van der Waals surface area contributed by atoms with Crippen LogP contribution in [0.1, 0.15) is 29.9 Å². The van der Waals surface area contributed by atoms with Gasteiger partial charge in [0.1, 0.15) is 5.82 Å². The first-order valence-electron chi connectivity index (χ1n) is 6.44. The van der Waals surface area contributed by atoms with Gasteiger partial charge in [0.15, 0.2) is 0 Å². The van der Waals surface area contributed by atoms with Gasteiger partial charge in [0, 0.05) is 18.9 Å². The molecule has 0 aromatic carbocycles. The number of pyridine rings is 1. The summed E-state index contributed by atoms with van der Waals surface area (Å²) in [6.45, 7) is 5.41. The Balaban J connectivity index is 1.98. The second-order valence-corrected chi connectivity index (χ2v) is 5.01. The van der Waals surface area contributed by atoms with E-state index in [0.717, 1.165) is 24.5 Å². The van der Waals surface area contributed by atoms with Crippen molar-refractivity contribution in [1.82, 2.24) is 19.9 Å². The molecule has 0 atom stereocenters. The molecular weight excluding hydrogens is 259 g/mol. The Morgan fingerprint density at radius 1 is 1.35 bits per heavy atom. The lowest BCUT2D eigenvalue weighted by Gasteiger charge is -2.11. The minimum absolute atomic E-state index is 0.208. The Labute approximate surface area is 116 Å². The first-order chi connectivity index (χ1) is 9.56. The van der Waals surface area contributed by atoms with Crippen LogP contribution in [-0.4, -0.2) is 20.4 Å². The molecule has 2 aromatic heterocycles. The second kappa shape index (κ2) is 6.27. The van der Waals surface area contributed by atoms with Gasteiger partial charge in [-0.1, -0.05) is 13.8 Å². The van der Waals surface area contributed by atoms with Gasteiger partial charge >= 0.3 is 0 Å². The molecule has 0 saturated heterocycles. The number of carbonyl (C=O) groups excluding carboxylic acids is 1. The Kier molecular flexibility index (Phi) is 4.45. The van der Waals surface area contributed by atoms with Crippen molar-refractivity contribution in [3.8, 4) is 0 Å². The minimum atomic E-state index is -0.525. The molecule has 2 rings (SSSR count). The molecule has 0 bridgehead atoms. The van der Waals surface area contributed by atoms with Gasteiger partial charge in [0.25, 0.3) is 5.91 Å². The van der Waals surface area contributed by atoms with Crippen LogP contribution in [0.2, 0.25) is 0 Å². The molecule has 1 amide bonds. The molecule has 0 unspecified atom stereocenters. The van der Waals surface area contributed by atoms with E-state index in [1.807, 2.05) is 4.57 Å². The molecule has 20 heavy (non-hydrogen) atoms. The van der Waals surface area contributed by atoms with Gasteiger partial charge < -0.3 is 9.88 Å². The van der Waals surface area contributed by atoms with Gasteiger partial charge in [-0.15, -0.1) is 0 Å². The van der Waals surface area contributed by atoms with Crippen molar-refractivity contribution >= 4 is 5.91 Å². The average Bonchev–Trinajstić information content (AvgIpc) is 2.82. The van der Waals surface area contributed by atoms with E-state index in [4.69, 9.17) is 0 Å². The van der Waals surface area contributed by atoms with Crippen LogP contribution >= 0.6 is 0 Å². The summed E-state index contributed by atoms with van der Waals surface area (Å²) in [5.41, 5.74) is 1.12. The molecule has 0 aliphatic rings. The zero-order valence-electron chi connectivity index (χ0n) is 11.5. The van der Waals surface area contributed by atoms with Gasteiger partial charge in [-0.3, -0.25) is 9.78 Å². The molecule has 0 aliphatic heterocycles. The van der Waals surface area contributed by atoms with Crippen LogP contribution in [0.25, 0.3) is 0 Å². The second-order valence-electron chi connectivity index (χ2n) is 5.01. The van der Waals surface area contributed by atoms with Crippen molar-refractivity contribution in [2.75, 3.05) is 0 Å². The number of nitrogens with one attached hydrogen (secondary N) is 1. The van der Waals surface area contributed by atoms with Gasteiger partial charge in [-0.25, -0.2) is 9.37 Å². The van der Waals surface area contributed by atoms with E-state index >= 15 is 0 Å². The first kappa shape index (κ1) is 14.2. The number of amides is 1. The summed E-state index contributed by atoms with van der Waals surface area (Å²) in [4.78, 5) is 19.6. The highest BCUT2D eigenvalue weighted by Gasteiger charge is 2.09. The molecule has 0 spiro atoms. The van der Waals surface area contributed by atoms with Crippen LogP contribution < -0.4 is 5.32 Å². The van der Waals surface area contributed by atoms with Crippen molar-refractivity contribution in [2.45, 2.75) is 26.9 Å². The Hall–Kier alpha value is -2.24. The lowest BCUT2D eigenvalue weighted by molar-refractivity contribution is 0.0949. The van der Waals surface area contributed by atoms with Gasteiger partial charge in [-0.05, 0) is 12.0 Å². The standard InChI is InChI=1S/C14H17FN4O/c1-10(2)8-19-9-17-6-13(19)7-18-14(20)11-3-12(15)5-16-4-11/h3-6,9-10H,7-8H2,1-2H3,(H,18,20). The summed E-state index contributed by atoms with van der Waals surface area (Å²) in [5.74, 6) is -0.386. The normalized spacial score (nSPS) is 10.8. The lowest BCUT2D eigenvalue weighted by atomic mass is 10.2. The minimum Gasteiger partial charge on any atom is -0.346 e. The highest BCUT2D eigenvalue weighted by molar-refractivity contribution is 5.93. The lowest BCUT2D eigenvalue weighted by Crippen LogP contribution is -2.24. The SMILES string of the molecule is CC(C)Cn1cncc1CNC(=O)c1cncc(F)c1. The van der Waals surface area contributed by atoms with Crippen molar-refractivity contribution in [2.24, 2.45) is 5.92 Å². The van der Waals surface area contributed by atoms with Crippen LogP contribution in [-0.2, 0) is 13.1 Å². The number of aromatic nitrogens is 3. The quantitative estimate of drug-likeness (QED) is 0.908. The molecule has 6 heteroatoms. The first-order valence-corrected chi connectivity index (χ1v) is 6.44. The largest absolute Gasteiger partial charge is 0.346 e. The zero-order chi connectivity index (χ0) is 14.5. The Morgan fingerprint density at radius 3 is 2.85 bits per heavy atom. The number of hydrogen-bond acceptors (Lipinski definition) is 3. The maximum atomic E-state index is 13.0. The third-order valence-corrected chi connectivity index (χ3v) is 2.76. The summed E-state index contributed by atoms with van der Waals surface area (Å²) >= 11 is 0. The Morgan fingerprint density at radius 2 is 2.15 bits per heavy atom. The number of carbonyl (C=O) groups is 1. The van der Waals surface area contributed by atoms with E-state index < -0.39 is 5.82 Å². The van der Waals surface area contributed by atoms with E-state index in [-0.39, 0.29) is 11.5 Å². The van der Waals surface area contributed by atoms with E-state index in [9.17, 15) is 9.18 Å². The number of hydrogen-bond donors (Lipinski definition) is 1. The summed E-state index contributed by atoms with van der Waals surface area (Å²) in [7, 11) is 0. The fourth-order valence-electron chi connectivity index (χ4n) is 1.86. The van der Waals surface area contributed by atoms with Gasteiger partial charge in [0.05, 0.1) is 30.3 Å². The van der Waals surface area contributed by atoms with E-state index in [1.165, 1.54) is 6.20 Å². The summed E-state index contributed by atoms with van der Waals surface area (Å²) in [5, 5.41) is 2.74. The van der Waals surface area contributed by atoms with Crippen molar-refractivity contribution in [3.63, 3.8) is 0 Å². The molecule has 0 aliphatic carbocycles. The fourth-order valence-corrected chi connectivity index (χ4v) is 1.86. The smallest absolute Gasteiger partial charge is 0.253 e. The molecule has 0 saturated carbocycles. The number of nitrogens with zero attached hydrogens (tertiary/aromatic N) is 3. The van der Waals surface area contributed by atoms with Gasteiger partial charge in [-0.2, -0.15) is 0 Å². The van der Waals surface area contributed by atoms with Crippen LogP contribution in [0.15, 0.2) is 31.0 Å². The van der Waals surface area contributed by atoms with Crippen molar-refractivity contribution < 1.29 is 9.18 Å². The van der Waals surface area contributed by atoms with Crippen LogP contribution in [0, 0.1) is 11.7 Å². The predicted octanol–water partition coefficient (Wildman–Crippen LogP) is 2.00. The average molecular weight is 276 g/mol. The number of imidazole rings is 1. The molecule has 106 valence electrons. The fraction of sp³-hybridized carbons (Fsp3) is 0.357. The van der Waals surface area contributed by atoms with E-state index in [2.05, 4.69) is 29.1 Å². The highest BCUT2D eigenvalue weighted by atomic mass is 19.1. The summed E-state index contributed by atoms with van der Waals surface area (Å²) in [6, 6.07) is 1.16. The van der Waals surface area contributed by atoms with E-state index in [0.29, 0.717) is 12.5 Å². The van der Waals surface area contributed by atoms with Gasteiger partial charge in [0.2, 0.25) is 0 Å². The van der Waals surface area contributed by atoms with E-state index in [1.54, 1.807) is 12.5 Å². The number of rotatable bonds is 5. The molecule has 2 heterocycles. The van der Waals surface area contributed by atoms with Crippen LogP contribution in [0.4, 0.5) is 4.39 Å². The molecular formula is C14H17FN4O. The molecule has 0 fully saturated rings. The molecule has 5 nitrogen and oxygen atoms in total. The Bertz CT molecular complexity index is 594. The third kappa shape index (κ3) is 3.63. The topological polar surface area (TPSA) is 59.8 Å². The summed E-state index contributed by atoms with van der Waals surface area (Å²) in [6.07, 6.45) is 5.86. The maximum absolute atomic E-state index is 13.0. The van der Waals surface area contributed by atoms with Crippen molar-refractivity contribution in [1.29, 1.82) is 0 Å². The summed E-state index contributed by atoms with van der Waals surface area (Å²) < 4.78 is 15.0. The van der Waals surface area contributed by atoms with Crippen LogP contribution in [0.5, 0.6) is 0 Å². The number of halogens is 1. The highest BCUT2D eigenvalue weighted by Crippen LogP contribution is 2.05.